The molecule has 0 aliphatic rings. The van der Waals surface area contributed by atoms with Crippen LogP contribution in [0.1, 0.15) is 16.2 Å². The Hall–Kier alpha value is -2.49. The average molecular weight is 394 g/mol. The van der Waals surface area contributed by atoms with Gasteiger partial charge in [-0.2, -0.15) is 0 Å². The number of carbonyl (C=O) groups is 1. The molecule has 1 amide bonds. The van der Waals surface area contributed by atoms with Gasteiger partial charge in [-0.25, -0.2) is 12.7 Å². The summed E-state index contributed by atoms with van der Waals surface area (Å²) < 4.78 is 27.4. The molecule has 0 saturated heterocycles. The van der Waals surface area contributed by atoms with Gasteiger partial charge in [-0.3, -0.25) is 9.20 Å². The first-order chi connectivity index (χ1) is 12.3. The highest BCUT2D eigenvalue weighted by molar-refractivity contribution is 7.89. The second-order valence-electron chi connectivity index (χ2n) is 5.66. The molecule has 136 valence electrons. The van der Waals surface area contributed by atoms with Gasteiger partial charge in [0.2, 0.25) is 10.0 Å². The molecular formula is C16H16ClN5O3S. The molecule has 10 heteroatoms. The van der Waals surface area contributed by atoms with Gasteiger partial charge in [-0.15, -0.1) is 10.2 Å². The van der Waals surface area contributed by atoms with E-state index in [2.05, 4.69) is 15.5 Å². The smallest absolute Gasteiger partial charge is 0.251 e. The first kappa shape index (κ1) is 18.3. The molecule has 2 heterocycles. The second-order valence-corrected chi connectivity index (χ2v) is 8.19. The van der Waals surface area contributed by atoms with Crippen LogP contribution in [0.5, 0.6) is 0 Å². The number of benzene rings is 1. The van der Waals surface area contributed by atoms with Gasteiger partial charge in [-0.05, 0) is 30.3 Å². The Bertz CT molecular complexity index is 1080. The van der Waals surface area contributed by atoms with Crippen LogP contribution in [-0.4, -0.2) is 47.3 Å². The number of sulfonamides is 1. The number of fused-ring (bicyclic) bond motifs is 1. The average Bonchev–Trinajstić information content (AvgIpc) is 3.03. The summed E-state index contributed by atoms with van der Waals surface area (Å²) >= 11 is 5.99. The summed E-state index contributed by atoms with van der Waals surface area (Å²) in [5.41, 5.74) is 0.853. The molecule has 0 bridgehead atoms. The highest BCUT2D eigenvalue weighted by Gasteiger charge is 2.22. The number of nitrogens with zero attached hydrogens (tertiary/aromatic N) is 4. The summed E-state index contributed by atoms with van der Waals surface area (Å²) in [5.74, 6) is 0.119. The van der Waals surface area contributed by atoms with Crippen molar-refractivity contribution in [1.82, 2.24) is 24.2 Å². The maximum atomic E-state index is 12.4. The van der Waals surface area contributed by atoms with E-state index in [1.54, 1.807) is 16.7 Å². The van der Waals surface area contributed by atoms with Crippen molar-refractivity contribution in [3.05, 3.63) is 59.0 Å². The summed E-state index contributed by atoms with van der Waals surface area (Å²) in [5, 5.41) is 10.8. The Kier molecular flexibility index (Phi) is 4.94. The fourth-order valence-corrected chi connectivity index (χ4v) is 3.71. The molecule has 0 aliphatic heterocycles. The van der Waals surface area contributed by atoms with Gasteiger partial charge in [0.25, 0.3) is 5.91 Å². The fourth-order valence-electron chi connectivity index (χ4n) is 2.31. The molecule has 0 unspecified atom stereocenters. The van der Waals surface area contributed by atoms with E-state index in [4.69, 9.17) is 11.6 Å². The van der Waals surface area contributed by atoms with E-state index in [1.165, 1.54) is 32.3 Å². The van der Waals surface area contributed by atoms with Gasteiger partial charge < -0.3 is 5.32 Å². The van der Waals surface area contributed by atoms with Crippen LogP contribution >= 0.6 is 11.6 Å². The van der Waals surface area contributed by atoms with Crippen LogP contribution < -0.4 is 5.32 Å². The Morgan fingerprint density at radius 3 is 2.73 bits per heavy atom. The SMILES string of the molecule is CN(C)S(=O)(=O)c1cc(C(=O)NCc2nnc3ccccn23)ccc1Cl. The summed E-state index contributed by atoms with van der Waals surface area (Å²) in [6.45, 7) is 0.141. The quantitative estimate of drug-likeness (QED) is 0.709. The number of pyridine rings is 1. The van der Waals surface area contributed by atoms with E-state index in [1.807, 2.05) is 12.1 Å². The number of hydrogen-bond acceptors (Lipinski definition) is 5. The molecular weight excluding hydrogens is 378 g/mol. The van der Waals surface area contributed by atoms with Crippen LogP contribution in [0.15, 0.2) is 47.5 Å². The zero-order chi connectivity index (χ0) is 18.9. The van der Waals surface area contributed by atoms with Crippen molar-refractivity contribution in [2.75, 3.05) is 14.1 Å². The molecule has 3 aromatic rings. The zero-order valence-electron chi connectivity index (χ0n) is 14.0. The van der Waals surface area contributed by atoms with Gasteiger partial charge in [0, 0.05) is 25.9 Å². The van der Waals surface area contributed by atoms with Crippen LogP contribution in [0.25, 0.3) is 5.65 Å². The van der Waals surface area contributed by atoms with Crippen molar-refractivity contribution >= 4 is 33.2 Å². The van der Waals surface area contributed by atoms with Crippen molar-refractivity contribution in [2.45, 2.75) is 11.4 Å². The number of amides is 1. The molecule has 1 aromatic carbocycles. The van der Waals surface area contributed by atoms with E-state index >= 15 is 0 Å². The summed E-state index contributed by atoms with van der Waals surface area (Å²) in [6, 6.07) is 9.59. The number of aromatic nitrogens is 3. The van der Waals surface area contributed by atoms with Gasteiger partial charge in [0.05, 0.1) is 11.6 Å². The van der Waals surface area contributed by atoms with Crippen molar-refractivity contribution in [3.8, 4) is 0 Å². The lowest BCUT2D eigenvalue weighted by Gasteiger charge is -2.13. The topological polar surface area (TPSA) is 96.7 Å². The number of rotatable bonds is 5. The minimum Gasteiger partial charge on any atom is -0.345 e. The van der Waals surface area contributed by atoms with E-state index in [9.17, 15) is 13.2 Å². The largest absolute Gasteiger partial charge is 0.345 e. The number of nitrogens with one attached hydrogen (secondary N) is 1. The Morgan fingerprint density at radius 2 is 2.00 bits per heavy atom. The van der Waals surface area contributed by atoms with E-state index in [-0.39, 0.29) is 22.0 Å². The first-order valence-corrected chi connectivity index (χ1v) is 9.41. The van der Waals surface area contributed by atoms with Crippen LogP contribution in [0.3, 0.4) is 0 Å². The third-order valence-electron chi connectivity index (χ3n) is 3.74. The molecule has 0 fully saturated rings. The molecule has 0 saturated carbocycles. The third-order valence-corrected chi connectivity index (χ3v) is 6.04. The molecule has 2 aromatic heterocycles. The lowest BCUT2D eigenvalue weighted by Crippen LogP contribution is -2.26. The van der Waals surface area contributed by atoms with E-state index in [0.717, 1.165) is 4.31 Å². The molecule has 0 aliphatic carbocycles. The van der Waals surface area contributed by atoms with Gasteiger partial charge in [-0.1, -0.05) is 17.7 Å². The van der Waals surface area contributed by atoms with Crippen molar-refractivity contribution in [1.29, 1.82) is 0 Å². The van der Waals surface area contributed by atoms with E-state index < -0.39 is 15.9 Å². The normalized spacial score (nSPS) is 11.8. The highest BCUT2D eigenvalue weighted by atomic mass is 35.5. The minimum atomic E-state index is -3.76. The van der Waals surface area contributed by atoms with Gasteiger partial charge in [0.1, 0.15) is 4.90 Å². The standard InChI is InChI=1S/C16H16ClN5O3S/c1-21(2)26(24,25)13-9-11(6-7-12(13)17)16(23)18-10-15-20-19-14-5-3-4-8-22(14)15/h3-9H,10H2,1-2H3,(H,18,23). The van der Waals surface area contributed by atoms with Crippen molar-refractivity contribution in [2.24, 2.45) is 0 Å². The lowest BCUT2D eigenvalue weighted by atomic mass is 10.2. The fraction of sp³-hybridized carbons (Fsp3) is 0.188. The summed E-state index contributed by atoms with van der Waals surface area (Å²) in [4.78, 5) is 12.3. The van der Waals surface area contributed by atoms with Crippen molar-refractivity contribution in [3.63, 3.8) is 0 Å². The monoisotopic (exact) mass is 393 g/mol. The van der Waals surface area contributed by atoms with Gasteiger partial charge in [0.15, 0.2) is 11.5 Å². The zero-order valence-corrected chi connectivity index (χ0v) is 15.6. The Morgan fingerprint density at radius 1 is 1.23 bits per heavy atom. The molecule has 3 rings (SSSR count). The Balaban J connectivity index is 1.82. The molecule has 0 radical (unpaired) electrons. The number of halogens is 1. The molecule has 0 atom stereocenters. The molecule has 26 heavy (non-hydrogen) atoms. The van der Waals surface area contributed by atoms with Crippen LogP contribution in [-0.2, 0) is 16.6 Å². The number of hydrogen-bond donors (Lipinski definition) is 1. The summed E-state index contributed by atoms with van der Waals surface area (Å²) in [6.07, 6.45) is 1.79. The predicted molar refractivity (Wildman–Crippen MR) is 96.5 cm³/mol. The van der Waals surface area contributed by atoms with Gasteiger partial charge >= 0.3 is 0 Å². The maximum absolute atomic E-state index is 12.4. The minimum absolute atomic E-state index is 0.0544. The molecule has 1 N–H and O–H groups in total. The molecule has 8 nitrogen and oxygen atoms in total. The highest BCUT2D eigenvalue weighted by Crippen LogP contribution is 2.24. The van der Waals surface area contributed by atoms with Crippen molar-refractivity contribution < 1.29 is 13.2 Å². The first-order valence-electron chi connectivity index (χ1n) is 7.59. The van der Waals surface area contributed by atoms with Crippen LogP contribution in [0.4, 0.5) is 0 Å². The summed E-state index contributed by atoms with van der Waals surface area (Å²) in [7, 11) is -0.960. The third kappa shape index (κ3) is 3.41. The maximum Gasteiger partial charge on any atom is 0.251 e. The van der Waals surface area contributed by atoms with Crippen LogP contribution in [0, 0.1) is 0 Å². The lowest BCUT2D eigenvalue weighted by molar-refractivity contribution is 0.0949. The second kappa shape index (κ2) is 7.02. The molecule has 0 spiro atoms. The van der Waals surface area contributed by atoms with E-state index in [0.29, 0.717) is 11.5 Å². The Labute approximate surface area is 155 Å². The number of carbonyl (C=O) groups excluding carboxylic acids is 1. The predicted octanol–water partition coefficient (Wildman–Crippen LogP) is 1.56. The van der Waals surface area contributed by atoms with Crippen LogP contribution in [0.2, 0.25) is 5.02 Å².